The first-order valence-corrected chi connectivity index (χ1v) is 11.2. The molecule has 0 aliphatic rings. The molecule has 1 atom stereocenters. The van der Waals surface area contributed by atoms with Crippen LogP contribution in [0.5, 0.6) is 0 Å². The first kappa shape index (κ1) is 27.2. The Morgan fingerprint density at radius 2 is 1.84 bits per heavy atom. The summed E-state index contributed by atoms with van der Waals surface area (Å²) in [7, 11) is 1.10. The van der Waals surface area contributed by atoms with E-state index >= 15 is 0 Å². The molecule has 1 aromatic heterocycles. The van der Waals surface area contributed by atoms with E-state index in [9.17, 15) is 27.6 Å². The zero-order valence-corrected chi connectivity index (χ0v) is 20.0. The molecule has 2 N–H and O–H groups in total. The maximum atomic E-state index is 14.4. The predicted molar refractivity (Wildman–Crippen MR) is 126 cm³/mol. The normalized spacial score (nSPS) is 11.6. The van der Waals surface area contributed by atoms with Crippen molar-refractivity contribution in [2.24, 2.45) is 0 Å². The van der Waals surface area contributed by atoms with Crippen molar-refractivity contribution in [2.75, 3.05) is 13.7 Å². The molecule has 0 bridgehead atoms. The lowest BCUT2D eigenvalue weighted by Gasteiger charge is -2.17. The molecule has 2 aromatic carbocycles. The van der Waals surface area contributed by atoms with Crippen molar-refractivity contribution < 1.29 is 37.0 Å². The molecule has 0 saturated heterocycles. The predicted octanol–water partition coefficient (Wildman–Crippen LogP) is 3.84. The van der Waals surface area contributed by atoms with Gasteiger partial charge in [0.15, 0.2) is 0 Å². The van der Waals surface area contributed by atoms with E-state index in [1.807, 2.05) is 0 Å². The first-order chi connectivity index (χ1) is 17.7. The van der Waals surface area contributed by atoms with Gasteiger partial charge in [0.2, 0.25) is 0 Å². The van der Waals surface area contributed by atoms with Crippen LogP contribution in [0.4, 0.5) is 18.0 Å². The molecule has 2 amide bonds. The number of alkyl carbamates (subject to hydrolysis) is 1. The van der Waals surface area contributed by atoms with Crippen LogP contribution in [0.25, 0.3) is 11.3 Å². The van der Waals surface area contributed by atoms with Gasteiger partial charge in [-0.25, -0.2) is 22.8 Å². The van der Waals surface area contributed by atoms with Gasteiger partial charge < -0.3 is 20.1 Å². The summed E-state index contributed by atoms with van der Waals surface area (Å²) in [4.78, 5) is 37.0. The summed E-state index contributed by atoms with van der Waals surface area (Å²) < 4.78 is 52.4. The highest BCUT2D eigenvalue weighted by atomic mass is 19.3. The number of ether oxygens (including phenoxy) is 2. The van der Waals surface area contributed by atoms with Crippen LogP contribution < -0.4 is 10.6 Å². The second-order valence-electron chi connectivity index (χ2n) is 7.79. The molecule has 0 aliphatic carbocycles. The summed E-state index contributed by atoms with van der Waals surface area (Å²) in [6.45, 7) is 1.47. The number of halogens is 3. The van der Waals surface area contributed by atoms with Gasteiger partial charge in [0.1, 0.15) is 18.5 Å². The smallest absolute Gasteiger partial charge is 0.408 e. The van der Waals surface area contributed by atoms with Gasteiger partial charge in [-0.3, -0.25) is 9.48 Å². The van der Waals surface area contributed by atoms with Gasteiger partial charge in [0.25, 0.3) is 12.3 Å². The van der Waals surface area contributed by atoms with Crippen molar-refractivity contribution in [3.05, 3.63) is 77.2 Å². The summed E-state index contributed by atoms with van der Waals surface area (Å²) >= 11 is 0. The highest BCUT2D eigenvalue weighted by Crippen LogP contribution is 2.32. The lowest BCUT2D eigenvalue weighted by atomic mass is 10.0. The number of carbonyl (C=O) groups is 3. The maximum Gasteiger partial charge on any atom is 0.408 e. The molecule has 3 rings (SSSR count). The van der Waals surface area contributed by atoms with E-state index in [2.05, 4.69) is 20.5 Å². The number of esters is 1. The molecule has 1 heterocycles. The van der Waals surface area contributed by atoms with Gasteiger partial charge in [-0.1, -0.05) is 30.3 Å². The van der Waals surface area contributed by atoms with Crippen molar-refractivity contribution in [3.63, 3.8) is 0 Å². The molecule has 196 valence electrons. The molecule has 37 heavy (non-hydrogen) atoms. The zero-order chi connectivity index (χ0) is 26.9. The average molecular weight is 518 g/mol. The Hall–Kier alpha value is -4.35. The summed E-state index contributed by atoms with van der Waals surface area (Å²) in [6, 6.07) is 10.7. The van der Waals surface area contributed by atoms with Crippen molar-refractivity contribution >= 4 is 18.0 Å². The van der Waals surface area contributed by atoms with E-state index < -0.39 is 48.4 Å². The highest BCUT2D eigenvalue weighted by molar-refractivity contribution is 5.96. The highest BCUT2D eigenvalue weighted by Gasteiger charge is 2.25. The zero-order valence-electron chi connectivity index (χ0n) is 20.0. The maximum absolute atomic E-state index is 14.4. The lowest BCUT2D eigenvalue weighted by Crippen LogP contribution is -2.49. The van der Waals surface area contributed by atoms with Crippen molar-refractivity contribution in [3.8, 4) is 11.3 Å². The van der Waals surface area contributed by atoms with Crippen LogP contribution in [0, 0.1) is 5.82 Å². The monoisotopic (exact) mass is 518 g/mol. The molecule has 0 spiro atoms. The number of hydrogen-bond acceptors (Lipinski definition) is 6. The fourth-order valence-corrected chi connectivity index (χ4v) is 3.51. The van der Waals surface area contributed by atoms with Crippen LogP contribution in [0.15, 0.2) is 54.7 Å². The third-order valence-electron chi connectivity index (χ3n) is 5.29. The third kappa shape index (κ3) is 7.09. The number of nitrogens with zero attached hydrogens (tertiary/aromatic N) is 2. The minimum atomic E-state index is -2.86. The van der Waals surface area contributed by atoms with Gasteiger partial charge in [-0.15, -0.1) is 0 Å². The largest absolute Gasteiger partial charge is 0.467 e. The molecule has 0 fully saturated rings. The summed E-state index contributed by atoms with van der Waals surface area (Å²) in [5.41, 5.74) is 0.160. The summed E-state index contributed by atoms with van der Waals surface area (Å²) in [5.74, 6) is -2.50. The number of nitrogens with one attached hydrogen (secondary N) is 2. The van der Waals surface area contributed by atoms with Gasteiger partial charge >= 0.3 is 12.1 Å². The van der Waals surface area contributed by atoms with Crippen LogP contribution in [-0.2, 0) is 27.4 Å². The molecule has 0 unspecified atom stereocenters. The number of methoxy groups -OCH3 is 1. The van der Waals surface area contributed by atoms with E-state index in [1.54, 1.807) is 37.3 Å². The fraction of sp³-hybridized carbons (Fsp3) is 0.280. The first-order valence-electron chi connectivity index (χ1n) is 11.2. The number of benzene rings is 2. The minimum Gasteiger partial charge on any atom is -0.467 e. The van der Waals surface area contributed by atoms with Crippen LogP contribution in [-0.4, -0.2) is 47.4 Å². The van der Waals surface area contributed by atoms with E-state index in [0.29, 0.717) is 0 Å². The third-order valence-corrected chi connectivity index (χ3v) is 5.29. The number of aromatic nitrogens is 2. The topological polar surface area (TPSA) is 112 Å². The summed E-state index contributed by atoms with van der Waals surface area (Å²) in [6.07, 6.45) is -2.78. The Morgan fingerprint density at radius 3 is 2.49 bits per heavy atom. The number of alkyl halides is 2. The molecule has 0 radical (unpaired) electrons. The van der Waals surface area contributed by atoms with Gasteiger partial charge in [0.05, 0.1) is 24.6 Å². The van der Waals surface area contributed by atoms with E-state index in [0.717, 1.165) is 31.0 Å². The summed E-state index contributed by atoms with van der Waals surface area (Å²) in [5, 5.41) is 8.61. The Morgan fingerprint density at radius 1 is 1.11 bits per heavy atom. The number of aryl methyl sites for hydroxylation is 1. The molecular formula is C25H25F3N4O5. The Balaban J connectivity index is 1.71. The fourth-order valence-electron chi connectivity index (χ4n) is 3.51. The van der Waals surface area contributed by atoms with Crippen LogP contribution in [0.2, 0.25) is 0 Å². The average Bonchev–Trinajstić information content (AvgIpc) is 3.34. The molecule has 0 saturated carbocycles. The molecule has 9 nitrogen and oxygen atoms in total. The number of carbonyl (C=O) groups excluding carboxylic acids is 3. The Kier molecular flexibility index (Phi) is 9.25. The Labute approximate surface area is 210 Å². The quantitative estimate of drug-likeness (QED) is 0.395. The number of rotatable bonds is 10. The molecule has 12 heteroatoms. The molecule has 3 aromatic rings. The van der Waals surface area contributed by atoms with Crippen LogP contribution in [0.1, 0.15) is 34.8 Å². The van der Waals surface area contributed by atoms with E-state index in [4.69, 9.17) is 4.74 Å². The SMILES string of the molecule is CCn1ncc(C(F)F)c1-c1cc(F)cc(C(=O)NC[C@@H](NC(=O)OCc2ccccc2)C(=O)OC)c1. The van der Waals surface area contributed by atoms with Gasteiger partial charge in [0, 0.05) is 24.2 Å². The number of amides is 2. The standard InChI is InChI=1S/C25H25F3N4O5/c1-3-32-21(19(12-30-32)22(27)28)16-9-17(11-18(26)10-16)23(33)29-13-20(24(34)36-2)31-25(35)37-14-15-7-5-4-6-8-15/h4-12,20,22H,3,13-14H2,1-2H3,(H,29,33)(H,31,35)/t20-/m1/s1. The van der Waals surface area contributed by atoms with Gasteiger partial charge in [-0.05, 0) is 30.7 Å². The van der Waals surface area contributed by atoms with Crippen LogP contribution in [0.3, 0.4) is 0 Å². The Bertz CT molecular complexity index is 1250. The van der Waals surface area contributed by atoms with Crippen molar-refractivity contribution in [1.82, 2.24) is 20.4 Å². The second kappa shape index (κ2) is 12.6. The van der Waals surface area contributed by atoms with Crippen LogP contribution >= 0.6 is 0 Å². The molecular weight excluding hydrogens is 493 g/mol. The van der Waals surface area contributed by atoms with E-state index in [1.165, 1.54) is 10.7 Å². The minimum absolute atomic E-state index is 0.0127. The number of hydrogen-bond donors (Lipinski definition) is 2. The van der Waals surface area contributed by atoms with Gasteiger partial charge in [-0.2, -0.15) is 5.10 Å². The second-order valence-corrected chi connectivity index (χ2v) is 7.79. The van der Waals surface area contributed by atoms with Crippen molar-refractivity contribution in [1.29, 1.82) is 0 Å². The molecule has 0 aliphatic heterocycles. The van der Waals surface area contributed by atoms with E-state index in [-0.39, 0.29) is 30.0 Å². The lowest BCUT2D eigenvalue weighted by molar-refractivity contribution is -0.142. The van der Waals surface area contributed by atoms with Crippen molar-refractivity contribution in [2.45, 2.75) is 32.5 Å².